The summed E-state index contributed by atoms with van der Waals surface area (Å²) in [6.07, 6.45) is 0. The van der Waals surface area contributed by atoms with E-state index in [-0.39, 0.29) is 0 Å². The van der Waals surface area contributed by atoms with Crippen molar-refractivity contribution in [2.75, 3.05) is 0 Å². The topological polar surface area (TPSA) is 0 Å². The van der Waals surface area contributed by atoms with Crippen LogP contribution in [0.15, 0.2) is 237 Å². The molecular formula is C49H42. The highest BCUT2D eigenvalue weighted by molar-refractivity contribution is 5.67. The van der Waals surface area contributed by atoms with Crippen molar-refractivity contribution in [1.29, 1.82) is 0 Å². The Morgan fingerprint density at radius 1 is 0.184 bits per heavy atom. The maximum absolute atomic E-state index is 2.16. The normalized spacial score (nSPS) is 9.73. The Kier molecular flexibility index (Phi) is 13.5. The second kappa shape index (κ2) is 19.4. The van der Waals surface area contributed by atoms with Crippen LogP contribution in [0.3, 0.4) is 0 Å². The predicted molar refractivity (Wildman–Crippen MR) is 212 cm³/mol. The van der Waals surface area contributed by atoms with Gasteiger partial charge in [-0.05, 0) is 57.0 Å². The van der Waals surface area contributed by atoms with Crippen LogP contribution in [-0.4, -0.2) is 0 Å². The van der Waals surface area contributed by atoms with Gasteiger partial charge in [0.25, 0.3) is 0 Å². The molecule has 0 spiro atoms. The van der Waals surface area contributed by atoms with Crippen LogP contribution in [0.25, 0.3) is 44.5 Å². The summed E-state index contributed by atoms with van der Waals surface area (Å²) in [5.74, 6) is 0. The average Bonchev–Trinajstić information content (AvgIpc) is 3.21. The van der Waals surface area contributed by atoms with Gasteiger partial charge in [0.2, 0.25) is 0 Å². The van der Waals surface area contributed by atoms with E-state index in [9.17, 15) is 0 Å². The summed E-state index contributed by atoms with van der Waals surface area (Å²) in [4.78, 5) is 0. The standard InChI is InChI=1S/C13H12.3C12H10/c1-11-7-5-6-10-13(11)12-8-3-2-4-9-12;3*1-3-7-11(8-4-1)12-9-5-2-6-10-12/h2-10H,1H3;3*1-10H. The van der Waals surface area contributed by atoms with Crippen LogP contribution in [-0.2, 0) is 0 Å². The van der Waals surface area contributed by atoms with Crippen LogP contribution in [0.5, 0.6) is 0 Å². The summed E-state index contributed by atoms with van der Waals surface area (Å²) in [5.41, 5.74) is 11.6. The van der Waals surface area contributed by atoms with Crippen molar-refractivity contribution in [2.24, 2.45) is 0 Å². The van der Waals surface area contributed by atoms with Crippen molar-refractivity contribution in [1.82, 2.24) is 0 Å². The lowest BCUT2D eigenvalue weighted by atomic mass is 10.0. The molecule has 0 aliphatic carbocycles. The first-order valence-electron chi connectivity index (χ1n) is 16.7. The van der Waals surface area contributed by atoms with E-state index < -0.39 is 0 Å². The summed E-state index contributed by atoms with van der Waals surface area (Å²) in [5, 5.41) is 0. The third-order valence-electron chi connectivity index (χ3n) is 7.87. The fourth-order valence-electron chi connectivity index (χ4n) is 5.30. The molecule has 0 bridgehead atoms. The zero-order valence-electron chi connectivity index (χ0n) is 28.0. The molecule has 8 aromatic carbocycles. The van der Waals surface area contributed by atoms with Crippen LogP contribution < -0.4 is 0 Å². The molecule has 0 saturated carbocycles. The molecule has 0 aliphatic heterocycles. The molecule has 8 aromatic rings. The van der Waals surface area contributed by atoms with Crippen molar-refractivity contribution < 1.29 is 0 Å². The minimum atomic E-state index is 1.28. The zero-order chi connectivity index (χ0) is 33.8. The summed E-state index contributed by atoms with van der Waals surface area (Å²) in [7, 11) is 0. The summed E-state index contributed by atoms with van der Waals surface area (Å²) >= 11 is 0. The summed E-state index contributed by atoms with van der Waals surface area (Å²) in [6, 6.07) is 81.3. The van der Waals surface area contributed by atoms with E-state index in [2.05, 4.69) is 201 Å². The number of hydrogen-bond donors (Lipinski definition) is 0. The third kappa shape index (κ3) is 11.2. The van der Waals surface area contributed by atoms with Crippen LogP contribution >= 0.6 is 0 Å². The first-order valence-corrected chi connectivity index (χ1v) is 16.7. The van der Waals surface area contributed by atoms with Gasteiger partial charge in [0.15, 0.2) is 0 Å². The average molecular weight is 631 g/mol. The lowest BCUT2D eigenvalue weighted by Gasteiger charge is -2.04. The maximum Gasteiger partial charge on any atom is -0.0155 e. The van der Waals surface area contributed by atoms with Gasteiger partial charge < -0.3 is 0 Å². The number of rotatable bonds is 4. The van der Waals surface area contributed by atoms with Crippen LogP contribution in [0.4, 0.5) is 0 Å². The molecule has 0 N–H and O–H groups in total. The van der Waals surface area contributed by atoms with Crippen molar-refractivity contribution in [2.45, 2.75) is 6.92 Å². The quantitative estimate of drug-likeness (QED) is 0.181. The maximum atomic E-state index is 2.16. The Hall–Kier alpha value is -6.24. The lowest BCUT2D eigenvalue weighted by molar-refractivity contribution is 1.46. The van der Waals surface area contributed by atoms with Crippen LogP contribution in [0, 0.1) is 6.92 Å². The largest absolute Gasteiger partial charge is 0.0622 e. The Morgan fingerprint density at radius 2 is 0.367 bits per heavy atom. The van der Waals surface area contributed by atoms with Gasteiger partial charge in [-0.15, -0.1) is 0 Å². The molecule has 49 heavy (non-hydrogen) atoms. The smallest absolute Gasteiger partial charge is 0.0155 e. The number of benzene rings is 8. The minimum absolute atomic E-state index is 1.28. The fourth-order valence-corrected chi connectivity index (χ4v) is 5.30. The molecule has 0 radical (unpaired) electrons. The van der Waals surface area contributed by atoms with Crippen LogP contribution in [0.1, 0.15) is 5.56 Å². The highest BCUT2D eigenvalue weighted by Gasteiger charge is 1.98. The van der Waals surface area contributed by atoms with E-state index in [0.29, 0.717) is 0 Å². The molecule has 0 heterocycles. The van der Waals surface area contributed by atoms with Gasteiger partial charge in [-0.2, -0.15) is 0 Å². The SMILES string of the molecule is Cc1ccccc1-c1ccccc1.c1ccc(-c2ccccc2)cc1.c1ccc(-c2ccccc2)cc1.c1ccc(-c2ccccc2)cc1. The molecule has 0 fully saturated rings. The monoisotopic (exact) mass is 630 g/mol. The van der Waals surface area contributed by atoms with E-state index in [1.54, 1.807) is 0 Å². The van der Waals surface area contributed by atoms with Gasteiger partial charge in [0, 0.05) is 0 Å². The number of hydrogen-bond acceptors (Lipinski definition) is 0. The molecule has 0 nitrogen and oxygen atoms in total. The summed E-state index contributed by atoms with van der Waals surface area (Å²) < 4.78 is 0. The Balaban J connectivity index is 0.000000127. The molecule has 0 aromatic heterocycles. The van der Waals surface area contributed by atoms with Crippen molar-refractivity contribution in [3.63, 3.8) is 0 Å². The molecule has 0 atom stereocenters. The Bertz CT molecular complexity index is 1710. The van der Waals surface area contributed by atoms with Crippen LogP contribution in [0.2, 0.25) is 0 Å². The van der Waals surface area contributed by atoms with Gasteiger partial charge in [0.05, 0.1) is 0 Å². The highest BCUT2D eigenvalue weighted by Crippen LogP contribution is 2.22. The molecular weight excluding hydrogens is 589 g/mol. The first kappa shape index (κ1) is 34.1. The Labute approximate surface area is 292 Å². The minimum Gasteiger partial charge on any atom is -0.0622 e. The van der Waals surface area contributed by atoms with Gasteiger partial charge in [-0.3, -0.25) is 0 Å². The van der Waals surface area contributed by atoms with Gasteiger partial charge in [-0.1, -0.05) is 237 Å². The van der Waals surface area contributed by atoms with E-state index in [4.69, 9.17) is 0 Å². The molecule has 8 rings (SSSR count). The first-order chi connectivity index (χ1) is 24.3. The molecule has 0 amide bonds. The number of aryl methyl sites for hydroxylation is 1. The summed E-state index contributed by atoms with van der Waals surface area (Å²) in [6.45, 7) is 2.14. The van der Waals surface area contributed by atoms with Gasteiger partial charge in [-0.25, -0.2) is 0 Å². The highest BCUT2D eigenvalue weighted by atomic mass is 14.0. The molecule has 0 unspecified atom stereocenters. The predicted octanol–water partition coefficient (Wildman–Crippen LogP) is 13.7. The molecule has 238 valence electrons. The third-order valence-corrected chi connectivity index (χ3v) is 7.87. The molecule has 0 saturated heterocycles. The molecule has 0 heteroatoms. The van der Waals surface area contributed by atoms with E-state index in [1.807, 2.05) is 42.5 Å². The lowest BCUT2D eigenvalue weighted by Crippen LogP contribution is -1.80. The second-order valence-electron chi connectivity index (χ2n) is 11.4. The zero-order valence-corrected chi connectivity index (χ0v) is 28.0. The van der Waals surface area contributed by atoms with E-state index in [1.165, 1.54) is 50.1 Å². The fraction of sp³-hybridized carbons (Fsp3) is 0.0204. The second-order valence-corrected chi connectivity index (χ2v) is 11.4. The van der Waals surface area contributed by atoms with Crippen molar-refractivity contribution >= 4 is 0 Å². The van der Waals surface area contributed by atoms with Crippen molar-refractivity contribution in [3.8, 4) is 44.5 Å². The Morgan fingerprint density at radius 3 is 0.592 bits per heavy atom. The van der Waals surface area contributed by atoms with Gasteiger partial charge >= 0.3 is 0 Å². The molecule has 0 aliphatic rings. The van der Waals surface area contributed by atoms with E-state index >= 15 is 0 Å². The van der Waals surface area contributed by atoms with Crippen molar-refractivity contribution in [3.05, 3.63) is 242 Å². The van der Waals surface area contributed by atoms with Gasteiger partial charge in [0.1, 0.15) is 0 Å². The van der Waals surface area contributed by atoms with E-state index in [0.717, 1.165) is 0 Å².